The fourth-order valence-corrected chi connectivity index (χ4v) is 10.7. The highest BCUT2D eigenvalue weighted by molar-refractivity contribution is 6.17. The Morgan fingerprint density at radius 1 is 0.261 bits per heavy atom. The van der Waals surface area contributed by atoms with E-state index in [0.29, 0.717) is 0 Å². The first-order chi connectivity index (χ1) is 34.3. The summed E-state index contributed by atoms with van der Waals surface area (Å²) in [5.74, 6) is 0. The van der Waals surface area contributed by atoms with Crippen LogP contribution in [0.15, 0.2) is 273 Å². The molecule has 0 saturated carbocycles. The van der Waals surface area contributed by atoms with Crippen LogP contribution in [0.3, 0.4) is 0 Å². The summed E-state index contributed by atoms with van der Waals surface area (Å²) in [6.07, 6.45) is 0. The number of fused-ring (bicyclic) bond motifs is 6. The van der Waals surface area contributed by atoms with Gasteiger partial charge in [-0.3, -0.25) is 0 Å². The molecule has 11 aromatic carbocycles. The van der Waals surface area contributed by atoms with Crippen LogP contribution in [0.2, 0.25) is 0 Å². The van der Waals surface area contributed by atoms with Gasteiger partial charge in [-0.1, -0.05) is 200 Å². The van der Waals surface area contributed by atoms with Gasteiger partial charge in [-0.25, -0.2) is 0 Å². The van der Waals surface area contributed by atoms with Crippen LogP contribution >= 0.6 is 0 Å². The van der Waals surface area contributed by atoms with Crippen molar-refractivity contribution in [3.05, 3.63) is 273 Å². The molecule has 0 fully saturated rings. The van der Waals surface area contributed by atoms with Crippen molar-refractivity contribution < 1.29 is 0 Å². The Morgan fingerprint density at radius 3 is 1.43 bits per heavy atom. The van der Waals surface area contributed by atoms with Gasteiger partial charge in [0.15, 0.2) is 0 Å². The van der Waals surface area contributed by atoms with Crippen molar-refractivity contribution in [2.24, 2.45) is 0 Å². The highest BCUT2D eigenvalue weighted by Crippen LogP contribution is 2.51. The average Bonchev–Trinajstić information content (AvgIpc) is 3.95. The summed E-state index contributed by atoms with van der Waals surface area (Å²) in [4.78, 5) is 2.52. The Kier molecular flexibility index (Phi) is 9.84. The van der Waals surface area contributed by atoms with Gasteiger partial charge >= 0.3 is 0 Å². The number of hydrogen-bond donors (Lipinski definition) is 0. The number of rotatable bonds is 9. The molecule has 2 aromatic heterocycles. The third-order valence-corrected chi connectivity index (χ3v) is 13.7. The summed E-state index contributed by atoms with van der Waals surface area (Å²) < 4.78 is 4.81. The van der Waals surface area contributed by atoms with Crippen molar-refractivity contribution in [3.8, 4) is 55.9 Å². The maximum atomic E-state index is 2.52. The van der Waals surface area contributed by atoms with Crippen LogP contribution in [-0.4, -0.2) is 9.13 Å². The molecule has 0 aliphatic heterocycles. The molecule has 2 heterocycles. The van der Waals surface area contributed by atoms with E-state index in [1.54, 1.807) is 0 Å². The number of aromatic nitrogens is 2. The van der Waals surface area contributed by atoms with E-state index in [-0.39, 0.29) is 0 Å². The van der Waals surface area contributed by atoms with Gasteiger partial charge in [-0.15, -0.1) is 0 Å². The lowest BCUT2D eigenvalue weighted by atomic mass is 9.87. The van der Waals surface area contributed by atoms with E-state index in [0.717, 1.165) is 72.9 Å². The van der Waals surface area contributed by atoms with E-state index in [1.807, 2.05) is 0 Å². The highest BCUT2D eigenvalue weighted by Gasteiger charge is 2.26. The molecular formula is C66H45N3. The SMILES string of the molecule is c1ccc(-c2ccccc2-c2c(-c3ccccc3)cccc2N(c2cccc(-c3ccc4c5ccccc5n(-c5ccccc5)c4c3)c2)c2cccc3c2c2ccccc2n3-c2ccccc2)cc1. The molecule has 3 nitrogen and oxygen atoms in total. The largest absolute Gasteiger partial charge is 0.309 e. The van der Waals surface area contributed by atoms with Gasteiger partial charge in [0.2, 0.25) is 0 Å². The molecule has 0 atom stereocenters. The zero-order valence-electron chi connectivity index (χ0n) is 37.8. The second-order valence-electron chi connectivity index (χ2n) is 17.6. The third-order valence-electron chi connectivity index (χ3n) is 13.7. The fraction of sp³-hybridized carbons (Fsp3) is 0. The van der Waals surface area contributed by atoms with Gasteiger partial charge in [0.05, 0.1) is 33.4 Å². The van der Waals surface area contributed by atoms with E-state index >= 15 is 0 Å². The molecule has 13 aromatic rings. The van der Waals surface area contributed by atoms with Gasteiger partial charge in [-0.2, -0.15) is 0 Å². The molecule has 13 rings (SSSR count). The van der Waals surface area contributed by atoms with Crippen LogP contribution in [-0.2, 0) is 0 Å². The Bertz CT molecular complexity index is 4000. The van der Waals surface area contributed by atoms with E-state index in [2.05, 4.69) is 287 Å². The van der Waals surface area contributed by atoms with Crippen molar-refractivity contribution in [2.45, 2.75) is 0 Å². The Morgan fingerprint density at radius 2 is 0.725 bits per heavy atom. The molecule has 0 spiro atoms. The third kappa shape index (κ3) is 6.82. The first-order valence-corrected chi connectivity index (χ1v) is 23.7. The van der Waals surface area contributed by atoms with E-state index in [9.17, 15) is 0 Å². The Hall–Kier alpha value is -9.18. The molecule has 69 heavy (non-hydrogen) atoms. The van der Waals surface area contributed by atoms with Crippen molar-refractivity contribution in [1.29, 1.82) is 0 Å². The van der Waals surface area contributed by atoms with Gasteiger partial charge in [0.25, 0.3) is 0 Å². The summed E-state index contributed by atoms with van der Waals surface area (Å²) in [5, 5.41) is 4.85. The maximum Gasteiger partial charge on any atom is 0.0562 e. The van der Waals surface area contributed by atoms with Gasteiger partial charge in [0, 0.05) is 44.2 Å². The minimum atomic E-state index is 1.06. The second kappa shape index (κ2) is 16.9. The lowest BCUT2D eigenvalue weighted by Crippen LogP contribution is -2.12. The van der Waals surface area contributed by atoms with Gasteiger partial charge in [0.1, 0.15) is 0 Å². The second-order valence-corrected chi connectivity index (χ2v) is 17.6. The quantitative estimate of drug-likeness (QED) is 0.141. The molecular weight excluding hydrogens is 835 g/mol. The monoisotopic (exact) mass is 879 g/mol. The zero-order chi connectivity index (χ0) is 45.7. The first-order valence-electron chi connectivity index (χ1n) is 23.7. The lowest BCUT2D eigenvalue weighted by Gasteiger charge is -2.31. The summed E-state index contributed by atoms with van der Waals surface area (Å²) in [6.45, 7) is 0. The van der Waals surface area contributed by atoms with Crippen LogP contribution in [0.4, 0.5) is 17.1 Å². The molecule has 0 bridgehead atoms. The van der Waals surface area contributed by atoms with Crippen LogP contribution in [0, 0.1) is 0 Å². The minimum absolute atomic E-state index is 1.06. The molecule has 0 amide bonds. The molecule has 0 N–H and O–H groups in total. The normalized spacial score (nSPS) is 11.5. The molecule has 0 unspecified atom stereocenters. The maximum absolute atomic E-state index is 2.52. The van der Waals surface area contributed by atoms with Crippen LogP contribution in [0.5, 0.6) is 0 Å². The lowest BCUT2D eigenvalue weighted by molar-refractivity contribution is 1.18. The smallest absolute Gasteiger partial charge is 0.0562 e. The van der Waals surface area contributed by atoms with Crippen LogP contribution in [0.1, 0.15) is 0 Å². The van der Waals surface area contributed by atoms with Crippen molar-refractivity contribution in [3.63, 3.8) is 0 Å². The van der Waals surface area contributed by atoms with Crippen molar-refractivity contribution in [2.75, 3.05) is 4.90 Å². The average molecular weight is 880 g/mol. The number of nitrogens with zero attached hydrogens (tertiary/aromatic N) is 3. The number of hydrogen-bond acceptors (Lipinski definition) is 1. The zero-order valence-corrected chi connectivity index (χ0v) is 37.8. The molecule has 0 saturated heterocycles. The van der Waals surface area contributed by atoms with Gasteiger partial charge < -0.3 is 14.0 Å². The molecule has 0 aliphatic rings. The number of para-hydroxylation sites is 4. The molecule has 0 radical (unpaired) electrons. The van der Waals surface area contributed by atoms with Crippen molar-refractivity contribution >= 4 is 60.7 Å². The predicted molar refractivity (Wildman–Crippen MR) is 292 cm³/mol. The van der Waals surface area contributed by atoms with Crippen LogP contribution in [0.25, 0.3) is 99.5 Å². The number of anilines is 3. The summed E-state index contributed by atoms with van der Waals surface area (Å²) in [6, 6.07) is 99.3. The Balaban J connectivity index is 1.11. The number of benzene rings is 11. The minimum Gasteiger partial charge on any atom is -0.309 e. The summed E-state index contributed by atoms with van der Waals surface area (Å²) in [5.41, 5.74) is 19.5. The molecule has 0 aliphatic carbocycles. The fourth-order valence-electron chi connectivity index (χ4n) is 10.7. The van der Waals surface area contributed by atoms with Gasteiger partial charge in [-0.05, 0) is 112 Å². The molecule has 3 heteroatoms. The van der Waals surface area contributed by atoms with E-state index in [1.165, 1.54) is 43.7 Å². The standard InChI is InChI=1S/C66H45N3/c1-5-22-46(23-6-1)53-32-13-14-34-57(53)65-54(47-24-7-2-8-25-47)36-20-39-61(65)69(63-41-21-40-62-66(63)58-35-16-18-38-60(58)67(62)50-27-9-3-10-28-50)52-31-19-26-48(44-52)49-42-43-56-55-33-15-17-37-59(55)68(64(56)45-49)51-29-11-4-12-30-51/h1-45H. The van der Waals surface area contributed by atoms with E-state index in [4.69, 9.17) is 0 Å². The van der Waals surface area contributed by atoms with Crippen LogP contribution < -0.4 is 4.90 Å². The Labute approximate surface area is 401 Å². The molecule has 324 valence electrons. The summed E-state index contributed by atoms with van der Waals surface area (Å²) >= 11 is 0. The predicted octanol–water partition coefficient (Wildman–Crippen LogP) is 18.0. The highest BCUT2D eigenvalue weighted by atomic mass is 15.2. The van der Waals surface area contributed by atoms with E-state index < -0.39 is 0 Å². The first kappa shape index (κ1) is 40.1. The summed E-state index contributed by atoms with van der Waals surface area (Å²) in [7, 11) is 0. The topological polar surface area (TPSA) is 13.1 Å². The van der Waals surface area contributed by atoms with Crippen molar-refractivity contribution in [1.82, 2.24) is 9.13 Å².